The first kappa shape index (κ1) is 7.36. The molecule has 8 heavy (non-hydrogen) atoms. The predicted octanol–water partition coefficient (Wildman–Crippen LogP) is 0.324. The molecule has 2 N–H and O–H groups in total. The lowest BCUT2D eigenvalue weighted by Gasteiger charge is -2.12. The molecular formula is C4H8FNO2. The quantitative estimate of drug-likeness (QED) is 0.517. The molecule has 0 aliphatic heterocycles. The van der Waals surface area contributed by atoms with E-state index in [-0.39, 0.29) is 0 Å². The van der Waals surface area contributed by atoms with Crippen LogP contribution in [0.2, 0.25) is 0 Å². The van der Waals surface area contributed by atoms with Gasteiger partial charge < -0.3 is 5.11 Å². The minimum absolute atomic E-state index is 1.14. The average molecular weight is 121 g/mol. The van der Waals surface area contributed by atoms with Gasteiger partial charge in [-0.25, -0.2) is 0 Å². The maximum Gasteiger partial charge on any atom is 0.325 e. The molecular weight excluding hydrogens is 113 g/mol. The summed E-state index contributed by atoms with van der Waals surface area (Å²) in [5, 5.41) is 8.14. The first-order valence-electron chi connectivity index (χ1n) is 2.12. The van der Waals surface area contributed by atoms with Crippen molar-refractivity contribution >= 4 is 5.97 Å². The van der Waals surface area contributed by atoms with E-state index in [0.717, 1.165) is 5.54 Å². The van der Waals surface area contributed by atoms with Gasteiger partial charge in [0.05, 0.1) is 0 Å². The van der Waals surface area contributed by atoms with Crippen LogP contribution in [0.3, 0.4) is 0 Å². The molecule has 0 aromatic heterocycles. The molecule has 0 fully saturated rings. The van der Waals surface area contributed by atoms with Crippen molar-refractivity contribution in [1.29, 1.82) is 0 Å². The molecule has 48 valence electrons. The molecule has 3 nitrogen and oxygen atoms in total. The summed E-state index contributed by atoms with van der Waals surface area (Å²) in [6.45, 7) is 2.46. The monoisotopic (exact) mass is 121 g/mol. The van der Waals surface area contributed by atoms with Crippen molar-refractivity contribution in [3.63, 3.8) is 0 Å². The highest BCUT2D eigenvalue weighted by Crippen LogP contribution is 1.99. The smallest absolute Gasteiger partial charge is 0.325 e. The predicted molar refractivity (Wildman–Crippen MR) is 26.0 cm³/mol. The first-order valence-corrected chi connectivity index (χ1v) is 2.12. The van der Waals surface area contributed by atoms with Crippen LogP contribution in [0.5, 0.6) is 0 Å². The Morgan fingerprint density at radius 1 is 1.75 bits per heavy atom. The second-order valence-electron chi connectivity index (χ2n) is 2.02. The maximum absolute atomic E-state index is 11.4. The van der Waals surface area contributed by atoms with Gasteiger partial charge in [-0.2, -0.15) is 0 Å². The fourth-order valence-electron chi connectivity index (χ4n) is 0.0404. The summed E-state index contributed by atoms with van der Waals surface area (Å²) in [4.78, 5) is 9.95. The highest BCUT2D eigenvalue weighted by molar-refractivity contribution is 5.77. The SMILES string of the molecule is CC(C)(NF)C(=O)O. The Kier molecular flexibility index (Phi) is 1.92. The molecule has 0 aromatic carbocycles. The Morgan fingerprint density at radius 2 is 2.12 bits per heavy atom. The van der Waals surface area contributed by atoms with Crippen LogP contribution in [-0.2, 0) is 4.79 Å². The molecule has 0 unspecified atom stereocenters. The van der Waals surface area contributed by atoms with E-state index in [0.29, 0.717) is 0 Å². The van der Waals surface area contributed by atoms with E-state index >= 15 is 0 Å². The molecule has 0 atom stereocenters. The number of hydrogen-bond acceptors (Lipinski definition) is 2. The summed E-state index contributed by atoms with van der Waals surface area (Å²) in [6.07, 6.45) is 0. The van der Waals surface area contributed by atoms with Gasteiger partial charge in [0.1, 0.15) is 5.54 Å². The number of carboxylic acid groups (broad SMARTS) is 1. The molecule has 0 aromatic rings. The van der Waals surface area contributed by atoms with Crippen molar-refractivity contribution in [3.8, 4) is 0 Å². The van der Waals surface area contributed by atoms with Crippen LogP contribution in [0.15, 0.2) is 0 Å². The van der Waals surface area contributed by atoms with Gasteiger partial charge >= 0.3 is 5.97 Å². The zero-order valence-electron chi connectivity index (χ0n) is 4.73. The van der Waals surface area contributed by atoms with Gasteiger partial charge in [0.2, 0.25) is 0 Å². The topological polar surface area (TPSA) is 49.3 Å². The van der Waals surface area contributed by atoms with Gasteiger partial charge in [-0.3, -0.25) is 4.79 Å². The molecule has 0 aliphatic carbocycles. The van der Waals surface area contributed by atoms with Crippen molar-refractivity contribution in [1.82, 2.24) is 5.54 Å². The Hall–Kier alpha value is -0.640. The third-order valence-corrected chi connectivity index (χ3v) is 0.771. The van der Waals surface area contributed by atoms with Gasteiger partial charge in [0.15, 0.2) is 0 Å². The highest BCUT2D eigenvalue weighted by atomic mass is 19.2. The minimum Gasteiger partial charge on any atom is -0.480 e. The van der Waals surface area contributed by atoms with Crippen molar-refractivity contribution in [3.05, 3.63) is 0 Å². The summed E-state index contributed by atoms with van der Waals surface area (Å²) in [7, 11) is 0. The Labute approximate surface area is 46.4 Å². The summed E-state index contributed by atoms with van der Waals surface area (Å²) < 4.78 is 11.4. The van der Waals surface area contributed by atoms with E-state index in [1.54, 1.807) is 0 Å². The summed E-state index contributed by atoms with van der Waals surface area (Å²) in [5.74, 6) is -1.21. The van der Waals surface area contributed by atoms with Crippen LogP contribution < -0.4 is 5.54 Å². The normalized spacial score (nSPS) is 11.4. The Balaban J connectivity index is 3.91. The largest absolute Gasteiger partial charge is 0.480 e. The van der Waals surface area contributed by atoms with Gasteiger partial charge in [-0.05, 0) is 13.8 Å². The van der Waals surface area contributed by atoms with Crippen LogP contribution in [0.4, 0.5) is 4.48 Å². The number of carboxylic acids is 1. The fraction of sp³-hybridized carbons (Fsp3) is 0.750. The van der Waals surface area contributed by atoms with Crippen molar-refractivity contribution < 1.29 is 14.4 Å². The van der Waals surface area contributed by atoms with Gasteiger partial charge in [-0.1, -0.05) is 0 Å². The van der Waals surface area contributed by atoms with E-state index in [1.165, 1.54) is 13.8 Å². The third kappa shape index (κ3) is 1.46. The molecule has 0 bridgehead atoms. The molecule has 0 rings (SSSR count). The first-order chi connectivity index (χ1) is 3.50. The molecule has 4 heteroatoms. The molecule has 0 saturated carbocycles. The zero-order chi connectivity index (χ0) is 6.78. The fourth-order valence-corrected chi connectivity index (χ4v) is 0.0404. The summed E-state index contributed by atoms with van der Waals surface area (Å²) >= 11 is 0. The molecule has 0 amide bonds. The lowest BCUT2D eigenvalue weighted by molar-refractivity contribution is -0.145. The van der Waals surface area contributed by atoms with Crippen molar-refractivity contribution in [2.24, 2.45) is 0 Å². The van der Waals surface area contributed by atoms with E-state index in [4.69, 9.17) is 5.11 Å². The van der Waals surface area contributed by atoms with Crippen molar-refractivity contribution in [2.75, 3.05) is 0 Å². The number of carbonyl (C=O) groups is 1. The number of rotatable bonds is 2. The zero-order valence-corrected chi connectivity index (χ0v) is 4.73. The van der Waals surface area contributed by atoms with Gasteiger partial charge in [0, 0.05) is 0 Å². The Bertz CT molecular complexity index is 102. The summed E-state index contributed by atoms with van der Waals surface area (Å²) in [5.41, 5.74) is -0.317. The average Bonchev–Trinajstić information content (AvgIpc) is 1.67. The molecule has 0 saturated heterocycles. The molecule has 0 aliphatic rings. The lowest BCUT2D eigenvalue weighted by Crippen LogP contribution is -2.41. The standard InChI is InChI=1S/C4H8FNO2/c1-4(2,6-5)3(7)8/h6H,1-2H3,(H,7,8). The molecule has 0 radical (unpaired) electrons. The van der Waals surface area contributed by atoms with E-state index in [1.807, 2.05) is 0 Å². The highest BCUT2D eigenvalue weighted by Gasteiger charge is 2.26. The van der Waals surface area contributed by atoms with Crippen LogP contribution >= 0.6 is 0 Å². The second-order valence-corrected chi connectivity index (χ2v) is 2.02. The van der Waals surface area contributed by atoms with Gasteiger partial charge in [-0.15, -0.1) is 10.0 Å². The maximum atomic E-state index is 11.4. The van der Waals surface area contributed by atoms with Crippen LogP contribution in [0, 0.1) is 0 Å². The van der Waals surface area contributed by atoms with Crippen LogP contribution in [0.1, 0.15) is 13.8 Å². The van der Waals surface area contributed by atoms with Crippen LogP contribution in [0.25, 0.3) is 0 Å². The lowest BCUT2D eigenvalue weighted by atomic mass is 10.1. The Morgan fingerprint density at radius 3 is 2.12 bits per heavy atom. The van der Waals surface area contributed by atoms with Crippen LogP contribution in [-0.4, -0.2) is 16.6 Å². The van der Waals surface area contributed by atoms with E-state index in [9.17, 15) is 9.28 Å². The second kappa shape index (κ2) is 2.09. The number of nitrogens with one attached hydrogen (secondary N) is 1. The molecule has 0 heterocycles. The summed E-state index contributed by atoms with van der Waals surface area (Å²) in [6, 6.07) is 0. The van der Waals surface area contributed by atoms with E-state index < -0.39 is 11.5 Å². The minimum atomic E-state index is -1.46. The molecule has 0 spiro atoms. The number of hydrogen-bond donors (Lipinski definition) is 2. The van der Waals surface area contributed by atoms with E-state index in [2.05, 4.69) is 0 Å². The number of aliphatic carboxylic acids is 1. The third-order valence-electron chi connectivity index (χ3n) is 0.771. The van der Waals surface area contributed by atoms with Gasteiger partial charge in [0.25, 0.3) is 0 Å². The van der Waals surface area contributed by atoms with Crippen molar-refractivity contribution in [2.45, 2.75) is 19.4 Å². The number of halogens is 1.